The molecule has 2 aromatic carbocycles. The fraction of sp³-hybridized carbons (Fsp3) is 0.125. The molecule has 0 aromatic heterocycles. The van der Waals surface area contributed by atoms with E-state index < -0.39 is 35.0 Å². The summed E-state index contributed by atoms with van der Waals surface area (Å²) in [5.41, 5.74) is -0.156. The molecule has 2 rings (SSSR count). The number of nitro groups is 2. The number of rotatable bonds is 8. The quantitative estimate of drug-likeness (QED) is 0.147. The molecule has 28 N–H and O–H groups in total. The molecule has 0 heterocycles. The molecule has 0 unspecified atom stereocenters. The van der Waals surface area contributed by atoms with Crippen molar-refractivity contribution in [2.75, 3.05) is 13.2 Å². The monoisotopic (exact) mass is 655 g/mol. The summed E-state index contributed by atoms with van der Waals surface area (Å²) in [4.78, 5) is 39.4. The van der Waals surface area contributed by atoms with Crippen LogP contribution in [0.4, 0.5) is 11.4 Å². The molecule has 24 heteroatoms. The van der Waals surface area contributed by atoms with Crippen molar-refractivity contribution in [3.63, 3.8) is 0 Å². The van der Waals surface area contributed by atoms with Crippen LogP contribution in [-0.4, -0.2) is 62.4 Å². The second-order valence-corrected chi connectivity index (χ2v) is 4.82. The summed E-state index contributed by atoms with van der Waals surface area (Å²) >= 11 is 0. The first-order valence-electron chi connectivity index (χ1n) is 7.33. The summed E-state index contributed by atoms with van der Waals surface area (Å²) < 4.78 is 9.44. The molecule has 2 aromatic rings. The van der Waals surface area contributed by atoms with Crippen LogP contribution in [0.2, 0.25) is 0 Å². The molecule has 243 valence electrons. The Kier molecular flexibility index (Phi) is 75.3. The van der Waals surface area contributed by atoms with Crippen molar-refractivity contribution in [1.82, 2.24) is 0 Å². The number of carboxylic acid groups (broad SMARTS) is 2. The minimum atomic E-state index is -1.34. The maximum absolute atomic E-state index is 10.2. The van der Waals surface area contributed by atoms with Gasteiger partial charge < -0.3 is 89.5 Å². The van der Waals surface area contributed by atoms with Gasteiger partial charge in [-0.3, -0.25) is 20.2 Å². The fourth-order valence-electron chi connectivity index (χ4n) is 1.61. The standard InChI is InChI=1S/2C8H7NO5.Co.11H2O/c2*10-8(11)5-14-7-3-1-6(2-4-7)9(12)13;;;;;;;;;;;;/h2*1-4H,5H2,(H,10,11);;11*1H2/q;;+2;;;;;;;;;;;/p+4. The summed E-state index contributed by atoms with van der Waals surface area (Å²) in [5.74, 6) is -2.19. The normalized spacial score (nSPS) is 6.60. The maximum atomic E-state index is 10.2. The number of benzene rings is 2. The molecule has 0 amide bonds. The third-order valence-electron chi connectivity index (χ3n) is 2.81. The van der Waals surface area contributed by atoms with Crippen LogP contribution < -0.4 is 19.7 Å². The zero-order valence-corrected chi connectivity index (χ0v) is 21.3. The smallest absolute Gasteiger partial charge is 0.546 e. The molecule has 0 aliphatic carbocycles. The van der Waals surface area contributed by atoms with Crippen LogP contribution in [0.1, 0.15) is 0 Å². The van der Waals surface area contributed by atoms with Crippen molar-refractivity contribution < 1.29 is 116 Å². The zero-order chi connectivity index (χ0) is 21.1. The first-order valence-corrected chi connectivity index (χ1v) is 7.33. The number of carboxylic acids is 2. The van der Waals surface area contributed by atoms with E-state index in [0.29, 0.717) is 0 Å². The molecule has 0 saturated carbocycles. The number of hydrogen-bond acceptors (Lipinski definition) is 10. The number of non-ortho nitro benzene ring substituents is 2. The number of ether oxygens (including phenoxy) is 2. The molecule has 40 heavy (non-hydrogen) atoms. The second-order valence-electron chi connectivity index (χ2n) is 4.82. The van der Waals surface area contributed by atoms with E-state index in [9.17, 15) is 40.0 Å². The largest absolute Gasteiger partial charge is 2.00 e. The van der Waals surface area contributed by atoms with Crippen LogP contribution in [0.15, 0.2) is 48.5 Å². The number of nitrogens with zero attached hydrogens (tertiary/aromatic N) is 2. The van der Waals surface area contributed by atoms with Gasteiger partial charge in [0.05, 0.1) is 21.8 Å². The average Bonchev–Trinajstić information content (AvgIpc) is 2.65. The van der Waals surface area contributed by atoms with Crippen LogP contribution >= 0.6 is 0 Å². The van der Waals surface area contributed by atoms with Gasteiger partial charge in [0.2, 0.25) is 0 Å². The van der Waals surface area contributed by atoms with Gasteiger partial charge in [-0.15, -0.1) is 0 Å². The molecule has 0 spiro atoms. The van der Waals surface area contributed by atoms with Gasteiger partial charge in [-0.2, -0.15) is 0 Å². The van der Waals surface area contributed by atoms with Crippen molar-refractivity contribution in [1.29, 1.82) is 0 Å². The number of nitro benzene ring substituents is 2. The first kappa shape index (κ1) is 76.5. The van der Waals surface area contributed by atoms with E-state index in [1.54, 1.807) is 0 Å². The van der Waals surface area contributed by atoms with Gasteiger partial charge in [0.15, 0.2) is 0 Å². The van der Waals surface area contributed by atoms with Gasteiger partial charge in [-0.25, -0.2) is 0 Å². The second kappa shape index (κ2) is 39.4. The minimum Gasteiger partial charge on any atom is -0.546 e. The van der Waals surface area contributed by atoms with Crippen LogP contribution in [0.25, 0.3) is 0 Å². The molecule has 0 aliphatic rings. The summed E-state index contributed by atoms with van der Waals surface area (Å²) in [5, 5.41) is 40.5. The van der Waals surface area contributed by atoms with Gasteiger partial charge in [0.1, 0.15) is 24.7 Å². The predicted molar refractivity (Wildman–Crippen MR) is 134 cm³/mol. The Labute approximate surface area is 233 Å². The number of hydrogen-bond donors (Lipinski definition) is 0. The SMILES string of the molecule is O.O.O.O.O.O=C([O-])COc1ccc([N+](=O)[O-])cc1.O=C([O-])COc1ccc([N+](=O)[O-])cc1.[Co+2].[OH3+].[OH3+].[OH3+].[OH3+].[OH3+].[OH3+]. The zero-order valence-electron chi connectivity index (χ0n) is 20.3. The Hall–Kier alpha value is -4.15. The van der Waals surface area contributed by atoms with E-state index in [0.717, 1.165) is 0 Å². The van der Waals surface area contributed by atoms with Gasteiger partial charge in [0.25, 0.3) is 11.4 Å². The molecule has 0 atom stereocenters. The number of carbonyl (C=O) groups excluding carboxylic acids is 2. The van der Waals surface area contributed by atoms with Crippen molar-refractivity contribution in [2.24, 2.45) is 0 Å². The molecule has 1 radical (unpaired) electrons. The molecular formula is C16H40CoN2O21+6. The molecule has 0 aliphatic heterocycles. The molecule has 0 fully saturated rings. The Balaban J connectivity index is -0.0000000302. The van der Waals surface area contributed by atoms with Crippen molar-refractivity contribution in [3.8, 4) is 11.5 Å². The third-order valence-corrected chi connectivity index (χ3v) is 2.81. The van der Waals surface area contributed by atoms with Crippen LogP contribution in [0.5, 0.6) is 11.5 Å². The Morgan fingerprint density at radius 3 is 0.900 bits per heavy atom. The van der Waals surface area contributed by atoms with E-state index >= 15 is 0 Å². The van der Waals surface area contributed by atoms with Crippen LogP contribution in [0.3, 0.4) is 0 Å². The van der Waals surface area contributed by atoms with Gasteiger partial charge >= 0.3 is 16.8 Å². The fourth-order valence-corrected chi connectivity index (χ4v) is 1.61. The van der Waals surface area contributed by atoms with Crippen molar-refractivity contribution in [3.05, 3.63) is 68.8 Å². The molecular weight excluding hydrogens is 615 g/mol. The Bertz CT molecular complexity index is 781. The molecule has 0 bridgehead atoms. The summed E-state index contributed by atoms with van der Waals surface area (Å²) in [6.07, 6.45) is 0. The van der Waals surface area contributed by atoms with E-state index in [-0.39, 0.29) is 99.9 Å². The molecule has 23 nitrogen and oxygen atoms in total. The predicted octanol–water partition coefficient (Wildman–Crippen LogP) is -10.2. The van der Waals surface area contributed by atoms with E-state index in [1.807, 2.05) is 0 Å². The number of carbonyl (C=O) groups is 2. The van der Waals surface area contributed by atoms with Crippen molar-refractivity contribution >= 4 is 23.3 Å². The van der Waals surface area contributed by atoms with Crippen molar-refractivity contribution in [2.45, 2.75) is 0 Å². The first-order chi connectivity index (χ1) is 13.2. The topological polar surface area (TPSA) is 540 Å². The summed E-state index contributed by atoms with van der Waals surface area (Å²) in [6.45, 7) is -1.14. The van der Waals surface area contributed by atoms with E-state index in [1.165, 1.54) is 48.5 Å². The van der Waals surface area contributed by atoms with E-state index in [2.05, 4.69) is 0 Å². The third kappa shape index (κ3) is 31.9. The maximum Gasteiger partial charge on any atom is 2.00 e. The average molecular weight is 655 g/mol. The van der Waals surface area contributed by atoms with Gasteiger partial charge in [-0.05, 0) is 24.3 Å². The van der Waals surface area contributed by atoms with Gasteiger partial charge in [0, 0.05) is 24.3 Å². The van der Waals surface area contributed by atoms with E-state index in [4.69, 9.17) is 9.47 Å². The van der Waals surface area contributed by atoms with Gasteiger partial charge in [-0.1, -0.05) is 0 Å². The number of aliphatic carboxylic acids is 2. The summed E-state index contributed by atoms with van der Waals surface area (Å²) in [7, 11) is 0. The Morgan fingerprint density at radius 1 is 0.550 bits per heavy atom. The minimum absolute atomic E-state index is 0. The molecule has 0 saturated heterocycles. The van der Waals surface area contributed by atoms with Crippen LogP contribution in [0, 0.1) is 20.2 Å². The van der Waals surface area contributed by atoms with Crippen LogP contribution in [-0.2, 0) is 59.2 Å². The summed E-state index contributed by atoms with van der Waals surface area (Å²) in [6, 6.07) is 10.2. The Morgan fingerprint density at radius 2 is 0.750 bits per heavy atom.